The Hall–Kier alpha value is -1.63. The Morgan fingerprint density at radius 2 is 1.94 bits per heavy atom. The number of hydrogen-bond acceptors (Lipinski definition) is 3. The Kier molecular flexibility index (Phi) is 3.51. The molecule has 1 aliphatic heterocycles. The lowest BCUT2D eigenvalue weighted by atomic mass is 10.3. The number of benzene rings is 1. The van der Waals surface area contributed by atoms with E-state index in [-0.39, 0.29) is 24.6 Å². The minimum Gasteiger partial charge on any atom is -0.322 e. The van der Waals surface area contributed by atoms with E-state index in [4.69, 9.17) is 0 Å². The molecule has 2 rings (SSSR count). The Bertz CT molecular complexity index is 545. The molecule has 0 saturated carbocycles. The second-order valence-corrected chi connectivity index (χ2v) is 6.38. The molecule has 0 bridgehead atoms. The van der Waals surface area contributed by atoms with E-state index < -0.39 is 21.7 Å². The van der Waals surface area contributed by atoms with Gasteiger partial charge < -0.3 is 10.2 Å². The van der Waals surface area contributed by atoms with Gasteiger partial charge in [-0.2, -0.15) is 0 Å². The Morgan fingerprint density at radius 3 is 2.56 bits per heavy atom. The van der Waals surface area contributed by atoms with Crippen molar-refractivity contribution in [3.05, 3.63) is 30.1 Å². The summed E-state index contributed by atoms with van der Waals surface area (Å²) in [5.74, 6) is -0.485. The van der Waals surface area contributed by atoms with Gasteiger partial charge in [-0.15, -0.1) is 0 Å². The zero-order valence-corrected chi connectivity index (χ0v) is 10.4. The highest BCUT2D eigenvalue weighted by atomic mass is 32.2. The summed E-state index contributed by atoms with van der Waals surface area (Å²) in [5, 5.41) is 2.53. The number of nitrogens with zero attached hydrogens (tertiary/aromatic N) is 1. The highest BCUT2D eigenvalue weighted by Gasteiger charge is 2.24. The summed E-state index contributed by atoms with van der Waals surface area (Å²) in [6.07, 6.45) is 0. The fraction of sp³-hybridized carbons (Fsp3) is 0.364. The first kappa shape index (κ1) is 12.8. The number of sulfone groups is 1. The Morgan fingerprint density at radius 1 is 1.28 bits per heavy atom. The van der Waals surface area contributed by atoms with Crippen molar-refractivity contribution in [2.24, 2.45) is 0 Å². The van der Waals surface area contributed by atoms with Crippen LogP contribution in [0.5, 0.6) is 0 Å². The zero-order chi connectivity index (χ0) is 13.2. The molecule has 1 N–H and O–H groups in total. The first-order valence-corrected chi connectivity index (χ1v) is 7.30. The number of nitrogens with one attached hydrogen (secondary N) is 1. The number of halogens is 1. The molecule has 0 unspecified atom stereocenters. The molecular formula is C11H13FN2O3S. The molecule has 18 heavy (non-hydrogen) atoms. The fourth-order valence-electron chi connectivity index (χ4n) is 1.68. The van der Waals surface area contributed by atoms with Gasteiger partial charge in [-0.3, -0.25) is 0 Å². The first-order valence-electron chi connectivity index (χ1n) is 5.48. The van der Waals surface area contributed by atoms with Crippen LogP contribution in [0.1, 0.15) is 0 Å². The molecule has 1 aromatic carbocycles. The van der Waals surface area contributed by atoms with Crippen molar-refractivity contribution < 1.29 is 17.6 Å². The number of rotatable bonds is 1. The molecule has 1 fully saturated rings. The minimum absolute atomic E-state index is 0.0242. The van der Waals surface area contributed by atoms with Crippen molar-refractivity contribution in [3.63, 3.8) is 0 Å². The SMILES string of the molecule is O=C(Nc1cccc(F)c1)N1CCS(=O)(=O)CC1. The van der Waals surface area contributed by atoms with Crippen molar-refractivity contribution in [1.82, 2.24) is 4.90 Å². The van der Waals surface area contributed by atoms with Crippen molar-refractivity contribution in [2.45, 2.75) is 0 Å². The van der Waals surface area contributed by atoms with Gasteiger partial charge in [0.05, 0.1) is 11.5 Å². The molecule has 0 aromatic heterocycles. The van der Waals surface area contributed by atoms with Gasteiger partial charge >= 0.3 is 6.03 Å². The summed E-state index contributed by atoms with van der Waals surface area (Å²) < 4.78 is 35.3. The predicted octanol–water partition coefficient (Wildman–Crippen LogP) is 1.09. The van der Waals surface area contributed by atoms with Crippen LogP contribution in [0.4, 0.5) is 14.9 Å². The summed E-state index contributed by atoms with van der Waals surface area (Å²) in [4.78, 5) is 13.2. The second kappa shape index (κ2) is 4.93. The number of amides is 2. The summed E-state index contributed by atoms with van der Waals surface area (Å²) in [6.45, 7) is 0.340. The van der Waals surface area contributed by atoms with E-state index in [9.17, 15) is 17.6 Å². The van der Waals surface area contributed by atoms with Gasteiger partial charge in [0.1, 0.15) is 5.82 Å². The minimum atomic E-state index is -3.01. The number of carbonyl (C=O) groups is 1. The van der Waals surface area contributed by atoms with Crippen molar-refractivity contribution in [1.29, 1.82) is 0 Å². The monoisotopic (exact) mass is 272 g/mol. The van der Waals surface area contributed by atoms with Gasteiger partial charge in [-0.1, -0.05) is 6.07 Å². The highest BCUT2D eigenvalue weighted by Crippen LogP contribution is 2.11. The van der Waals surface area contributed by atoms with Crippen LogP contribution in [0, 0.1) is 5.82 Å². The zero-order valence-electron chi connectivity index (χ0n) is 9.60. The lowest BCUT2D eigenvalue weighted by Gasteiger charge is -2.26. The van der Waals surface area contributed by atoms with Crippen molar-refractivity contribution >= 4 is 21.6 Å². The first-order chi connectivity index (χ1) is 8.46. The van der Waals surface area contributed by atoms with Crippen LogP contribution in [-0.2, 0) is 9.84 Å². The molecule has 1 saturated heterocycles. The molecule has 0 atom stereocenters. The topological polar surface area (TPSA) is 66.5 Å². The molecule has 0 aliphatic carbocycles. The van der Waals surface area contributed by atoms with Crippen LogP contribution >= 0.6 is 0 Å². The van der Waals surface area contributed by atoms with E-state index in [1.165, 1.54) is 23.1 Å². The number of carbonyl (C=O) groups excluding carboxylic acids is 1. The third-order valence-electron chi connectivity index (χ3n) is 2.71. The van der Waals surface area contributed by atoms with Crippen LogP contribution < -0.4 is 5.32 Å². The van der Waals surface area contributed by atoms with Gasteiger partial charge in [0.2, 0.25) is 0 Å². The van der Waals surface area contributed by atoms with Crippen molar-refractivity contribution in [2.75, 3.05) is 29.9 Å². The van der Waals surface area contributed by atoms with Gasteiger partial charge in [0.15, 0.2) is 9.84 Å². The second-order valence-electron chi connectivity index (χ2n) is 4.08. The van der Waals surface area contributed by atoms with E-state index in [0.717, 1.165) is 0 Å². The number of anilines is 1. The van der Waals surface area contributed by atoms with E-state index in [2.05, 4.69) is 5.32 Å². The smallest absolute Gasteiger partial charge is 0.321 e. The molecule has 0 radical (unpaired) electrons. The van der Waals surface area contributed by atoms with Gasteiger partial charge in [-0.25, -0.2) is 17.6 Å². The maximum absolute atomic E-state index is 12.9. The van der Waals surface area contributed by atoms with Crippen LogP contribution in [0.25, 0.3) is 0 Å². The van der Waals surface area contributed by atoms with Gasteiger partial charge in [0.25, 0.3) is 0 Å². The van der Waals surface area contributed by atoms with Crippen LogP contribution in [-0.4, -0.2) is 43.9 Å². The Labute approximate surface area is 105 Å². The van der Waals surface area contributed by atoms with E-state index in [1.54, 1.807) is 6.07 Å². The van der Waals surface area contributed by atoms with Gasteiger partial charge in [-0.05, 0) is 18.2 Å². The maximum Gasteiger partial charge on any atom is 0.321 e. The molecule has 1 heterocycles. The molecule has 7 heteroatoms. The molecule has 2 amide bonds. The highest BCUT2D eigenvalue weighted by molar-refractivity contribution is 7.91. The summed E-state index contributed by atoms with van der Waals surface area (Å²) >= 11 is 0. The molecule has 1 aromatic rings. The summed E-state index contributed by atoms with van der Waals surface area (Å²) in [7, 11) is -3.01. The average Bonchev–Trinajstić information content (AvgIpc) is 2.28. The van der Waals surface area contributed by atoms with E-state index in [0.29, 0.717) is 5.69 Å². The van der Waals surface area contributed by atoms with Gasteiger partial charge in [0, 0.05) is 18.8 Å². The average molecular weight is 272 g/mol. The molecule has 98 valence electrons. The predicted molar refractivity (Wildman–Crippen MR) is 65.6 cm³/mol. The lowest BCUT2D eigenvalue weighted by Crippen LogP contribution is -2.45. The van der Waals surface area contributed by atoms with Crippen LogP contribution in [0.3, 0.4) is 0 Å². The summed E-state index contributed by atoms with van der Waals surface area (Å²) in [5.41, 5.74) is 0.355. The molecular weight excluding hydrogens is 259 g/mol. The quantitative estimate of drug-likeness (QED) is 0.832. The lowest BCUT2D eigenvalue weighted by molar-refractivity contribution is 0.216. The molecule has 0 spiro atoms. The fourth-order valence-corrected chi connectivity index (χ4v) is 2.89. The largest absolute Gasteiger partial charge is 0.322 e. The summed E-state index contributed by atoms with van der Waals surface area (Å²) in [6, 6.07) is 5.14. The molecule has 5 nitrogen and oxygen atoms in total. The maximum atomic E-state index is 12.9. The standard InChI is InChI=1S/C11H13FN2O3S/c12-9-2-1-3-10(8-9)13-11(15)14-4-6-18(16,17)7-5-14/h1-3,8H,4-7H2,(H,13,15). The number of hydrogen-bond donors (Lipinski definition) is 1. The van der Waals surface area contributed by atoms with E-state index >= 15 is 0 Å². The van der Waals surface area contributed by atoms with Crippen molar-refractivity contribution in [3.8, 4) is 0 Å². The van der Waals surface area contributed by atoms with Crippen LogP contribution in [0.15, 0.2) is 24.3 Å². The number of urea groups is 1. The van der Waals surface area contributed by atoms with E-state index in [1.807, 2.05) is 0 Å². The van der Waals surface area contributed by atoms with Crippen LogP contribution in [0.2, 0.25) is 0 Å². The molecule has 1 aliphatic rings. The Balaban J connectivity index is 1.97. The normalized spacial score (nSPS) is 18.4. The third-order valence-corrected chi connectivity index (χ3v) is 4.32. The third kappa shape index (κ3) is 3.19.